The summed E-state index contributed by atoms with van der Waals surface area (Å²) in [5.74, 6) is -0.998. The minimum absolute atomic E-state index is 0.131. The van der Waals surface area contributed by atoms with E-state index in [-0.39, 0.29) is 25.4 Å². The number of morpholine rings is 1. The molecule has 2 aromatic rings. The molecule has 1 aliphatic rings. The summed E-state index contributed by atoms with van der Waals surface area (Å²) in [5.41, 5.74) is 0.0468. The monoisotopic (exact) mass is 411 g/mol. The largest absolute Gasteiger partial charge is 0.462 e. The number of ketones is 1. The Balaban J connectivity index is 1.73. The van der Waals surface area contributed by atoms with Gasteiger partial charge in [0.2, 0.25) is 5.60 Å². The molecule has 0 N–H and O–H groups in total. The van der Waals surface area contributed by atoms with Crippen LogP contribution in [0.1, 0.15) is 18.1 Å². The molecule has 1 fully saturated rings. The minimum Gasteiger partial charge on any atom is -0.462 e. The van der Waals surface area contributed by atoms with E-state index in [0.717, 1.165) is 24.2 Å². The molecule has 0 bridgehead atoms. The van der Waals surface area contributed by atoms with Gasteiger partial charge < -0.3 is 14.2 Å². The van der Waals surface area contributed by atoms with Crippen molar-refractivity contribution >= 4 is 11.8 Å². The zero-order valence-corrected chi connectivity index (χ0v) is 17.4. The van der Waals surface area contributed by atoms with Gasteiger partial charge in [0.05, 0.1) is 19.8 Å². The third kappa shape index (κ3) is 5.98. The maximum Gasteiger partial charge on any atom is 0.346 e. The SMILES string of the molecule is CC(=O)C(Cc1ccccc1)(OCc1ccccc1)C(=O)OCCN1CCOCC1. The topological polar surface area (TPSA) is 65.1 Å². The van der Waals surface area contributed by atoms with Crippen LogP contribution in [0.25, 0.3) is 0 Å². The van der Waals surface area contributed by atoms with E-state index in [2.05, 4.69) is 4.90 Å². The summed E-state index contributed by atoms with van der Waals surface area (Å²) in [7, 11) is 0. The maximum atomic E-state index is 13.2. The van der Waals surface area contributed by atoms with Crippen molar-refractivity contribution in [3.8, 4) is 0 Å². The molecule has 6 nitrogen and oxygen atoms in total. The second-order valence-corrected chi connectivity index (χ2v) is 7.41. The summed E-state index contributed by atoms with van der Waals surface area (Å²) in [5, 5.41) is 0. The molecule has 30 heavy (non-hydrogen) atoms. The van der Waals surface area contributed by atoms with Crippen LogP contribution in [0, 0.1) is 0 Å². The van der Waals surface area contributed by atoms with Gasteiger partial charge in [-0.1, -0.05) is 60.7 Å². The molecule has 0 aliphatic carbocycles. The molecule has 0 spiro atoms. The van der Waals surface area contributed by atoms with Crippen LogP contribution in [0.3, 0.4) is 0 Å². The number of rotatable bonds is 10. The van der Waals surface area contributed by atoms with Crippen molar-refractivity contribution in [2.75, 3.05) is 39.5 Å². The second kappa shape index (κ2) is 11.0. The van der Waals surface area contributed by atoms with Crippen LogP contribution in [0.4, 0.5) is 0 Å². The highest BCUT2D eigenvalue weighted by atomic mass is 16.6. The standard InChI is InChI=1S/C24H29NO5/c1-20(26)24(18-21-8-4-2-5-9-21,30-19-22-10-6-3-7-11-22)23(27)29-17-14-25-12-15-28-16-13-25/h2-11H,12-19H2,1H3. The number of hydrogen-bond acceptors (Lipinski definition) is 6. The number of hydrogen-bond donors (Lipinski definition) is 0. The van der Waals surface area contributed by atoms with E-state index in [0.29, 0.717) is 19.8 Å². The van der Waals surface area contributed by atoms with Gasteiger partial charge in [-0.2, -0.15) is 0 Å². The van der Waals surface area contributed by atoms with Crippen LogP contribution in [-0.4, -0.2) is 61.7 Å². The van der Waals surface area contributed by atoms with E-state index in [1.165, 1.54) is 6.92 Å². The molecule has 160 valence electrons. The van der Waals surface area contributed by atoms with E-state index in [1.807, 2.05) is 60.7 Å². The fourth-order valence-electron chi connectivity index (χ4n) is 3.42. The van der Waals surface area contributed by atoms with Gasteiger partial charge >= 0.3 is 5.97 Å². The smallest absolute Gasteiger partial charge is 0.346 e. The molecule has 0 aromatic heterocycles. The molecule has 0 saturated carbocycles. The van der Waals surface area contributed by atoms with Gasteiger partial charge in [-0.25, -0.2) is 4.79 Å². The van der Waals surface area contributed by atoms with Crippen molar-refractivity contribution in [3.63, 3.8) is 0 Å². The van der Waals surface area contributed by atoms with Gasteiger partial charge in [-0.3, -0.25) is 9.69 Å². The lowest BCUT2D eigenvalue weighted by Gasteiger charge is -2.30. The Morgan fingerprint density at radius 1 is 0.967 bits per heavy atom. The summed E-state index contributed by atoms with van der Waals surface area (Å²) < 4.78 is 16.9. The van der Waals surface area contributed by atoms with Crippen LogP contribution in [0.5, 0.6) is 0 Å². The summed E-state index contributed by atoms with van der Waals surface area (Å²) in [6.45, 7) is 5.32. The average molecular weight is 411 g/mol. The van der Waals surface area contributed by atoms with Gasteiger partial charge in [0, 0.05) is 26.1 Å². The highest BCUT2D eigenvalue weighted by Gasteiger charge is 2.46. The van der Waals surface area contributed by atoms with E-state index in [4.69, 9.17) is 14.2 Å². The molecule has 1 heterocycles. The molecule has 6 heteroatoms. The van der Waals surface area contributed by atoms with Crippen molar-refractivity contribution in [1.82, 2.24) is 4.90 Å². The summed E-state index contributed by atoms with van der Waals surface area (Å²) in [6, 6.07) is 18.9. The number of carbonyl (C=O) groups excluding carboxylic acids is 2. The number of esters is 1. The first-order chi connectivity index (χ1) is 14.6. The van der Waals surface area contributed by atoms with Crippen LogP contribution < -0.4 is 0 Å². The summed E-state index contributed by atoms with van der Waals surface area (Å²) in [4.78, 5) is 28.1. The Labute approximate surface area is 177 Å². The molecule has 1 aliphatic heterocycles. The molecule has 1 unspecified atom stereocenters. The van der Waals surface area contributed by atoms with Crippen LogP contribution in [0.15, 0.2) is 60.7 Å². The lowest BCUT2D eigenvalue weighted by Crippen LogP contribution is -2.51. The van der Waals surface area contributed by atoms with Crippen molar-refractivity contribution < 1.29 is 23.8 Å². The zero-order valence-electron chi connectivity index (χ0n) is 17.4. The predicted molar refractivity (Wildman–Crippen MR) is 113 cm³/mol. The molecule has 1 saturated heterocycles. The minimum atomic E-state index is -1.68. The van der Waals surface area contributed by atoms with Gasteiger partial charge in [-0.05, 0) is 18.1 Å². The summed E-state index contributed by atoms with van der Waals surface area (Å²) in [6.07, 6.45) is 0.131. The lowest BCUT2D eigenvalue weighted by molar-refractivity contribution is -0.179. The predicted octanol–water partition coefficient (Wildman–Crippen LogP) is 2.65. The Morgan fingerprint density at radius 3 is 2.17 bits per heavy atom. The first-order valence-electron chi connectivity index (χ1n) is 10.3. The zero-order chi connectivity index (χ0) is 21.2. The molecule has 3 rings (SSSR count). The molecule has 0 radical (unpaired) electrons. The second-order valence-electron chi connectivity index (χ2n) is 7.41. The van der Waals surface area contributed by atoms with Crippen LogP contribution >= 0.6 is 0 Å². The third-order valence-electron chi connectivity index (χ3n) is 5.27. The number of carbonyl (C=O) groups is 2. The fraction of sp³-hybridized carbons (Fsp3) is 0.417. The Bertz CT molecular complexity index is 805. The lowest BCUT2D eigenvalue weighted by atomic mass is 9.90. The fourth-order valence-corrected chi connectivity index (χ4v) is 3.42. The van der Waals surface area contributed by atoms with Crippen LogP contribution in [0.2, 0.25) is 0 Å². The molecular weight excluding hydrogens is 382 g/mol. The first-order valence-corrected chi connectivity index (χ1v) is 10.3. The van der Waals surface area contributed by atoms with Crippen molar-refractivity contribution in [3.05, 3.63) is 71.8 Å². The summed E-state index contributed by atoms with van der Waals surface area (Å²) >= 11 is 0. The quantitative estimate of drug-likeness (QED) is 0.442. The highest BCUT2D eigenvalue weighted by molar-refractivity contribution is 6.06. The number of ether oxygens (including phenoxy) is 3. The number of Topliss-reactive ketones (excluding diaryl/α,β-unsaturated/α-hetero) is 1. The third-order valence-corrected chi connectivity index (χ3v) is 5.27. The Morgan fingerprint density at radius 2 is 1.57 bits per heavy atom. The van der Waals surface area contributed by atoms with E-state index in [9.17, 15) is 9.59 Å². The maximum absolute atomic E-state index is 13.2. The first kappa shape index (κ1) is 22.2. The Hall–Kier alpha value is -2.54. The van der Waals surface area contributed by atoms with Crippen molar-refractivity contribution in [1.29, 1.82) is 0 Å². The number of benzene rings is 2. The van der Waals surface area contributed by atoms with E-state index >= 15 is 0 Å². The molecule has 2 aromatic carbocycles. The van der Waals surface area contributed by atoms with Gasteiger partial charge in [0.15, 0.2) is 5.78 Å². The molecular formula is C24H29NO5. The van der Waals surface area contributed by atoms with Gasteiger partial charge in [0.25, 0.3) is 0 Å². The normalized spacial score (nSPS) is 16.6. The molecule has 1 atom stereocenters. The molecule has 0 amide bonds. The highest BCUT2D eigenvalue weighted by Crippen LogP contribution is 2.24. The van der Waals surface area contributed by atoms with Crippen molar-refractivity contribution in [2.24, 2.45) is 0 Å². The van der Waals surface area contributed by atoms with Gasteiger partial charge in [0.1, 0.15) is 6.61 Å². The number of nitrogens with zero attached hydrogens (tertiary/aromatic N) is 1. The van der Waals surface area contributed by atoms with Crippen molar-refractivity contribution in [2.45, 2.75) is 25.6 Å². The Kier molecular flexibility index (Phi) is 8.13. The average Bonchev–Trinajstić information content (AvgIpc) is 2.78. The van der Waals surface area contributed by atoms with E-state index < -0.39 is 11.6 Å². The van der Waals surface area contributed by atoms with Crippen LogP contribution in [-0.2, 0) is 36.8 Å². The van der Waals surface area contributed by atoms with Gasteiger partial charge in [-0.15, -0.1) is 0 Å². The van der Waals surface area contributed by atoms with E-state index in [1.54, 1.807) is 0 Å².